The zero-order valence-corrected chi connectivity index (χ0v) is 17.3. The van der Waals surface area contributed by atoms with Gasteiger partial charge in [0, 0.05) is 32.2 Å². The lowest BCUT2D eigenvalue weighted by Crippen LogP contribution is -2.45. The number of nitrogens with zero attached hydrogens (tertiary/aromatic N) is 5. The van der Waals surface area contributed by atoms with E-state index in [-0.39, 0.29) is 22.2 Å². The zero-order valence-electron chi connectivity index (χ0n) is 16.6. The van der Waals surface area contributed by atoms with Crippen LogP contribution < -0.4 is 4.90 Å². The van der Waals surface area contributed by atoms with Crippen LogP contribution in [0.25, 0.3) is 5.65 Å². The van der Waals surface area contributed by atoms with E-state index >= 15 is 0 Å². The number of hydrogen-bond acceptors (Lipinski definition) is 7. The minimum absolute atomic E-state index is 0.0513. The summed E-state index contributed by atoms with van der Waals surface area (Å²) in [6, 6.07) is 1.47. The first kappa shape index (κ1) is 21.3. The van der Waals surface area contributed by atoms with Crippen LogP contribution in [0.4, 0.5) is 10.6 Å². The molecule has 2 aromatic heterocycles. The number of ether oxygens (including phenoxy) is 2. The van der Waals surface area contributed by atoms with Gasteiger partial charge in [0.25, 0.3) is 0 Å². The normalized spacial score (nSPS) is 15.4. The first-order valence-corrected chi connectivity index (χ1v) is 9.62. The molecule has 2 aromatic rings. The second-order valence-corrected chi connectivity index (χ2v) is 8.01. The van der Waals surface area contributed by atoms with Crippen molar-refractivity contribution in [1.82, 2.24) is 19.5 Å². The summed E-state index contributed by atoms with van der Waals surface area (Å²) in [5.74, 6) is -0.895. The molecule has 3 rings (SSSR count). The van der Waals surface area contributed by atoms with Crippen LogP contribution in [0.3, 0.4) is 0 Å². The Kier molecular flexibility index (Phi) is 6.25. The minimum Gasteiger partial charge on any atom is -0.477 e. The Bertz CT molecular complexity index is 904. The number of carbonyl (C=O) groups is 2. The van der Waals surface area contributed by atoms with Crippen molar-refractivity contribution in [3.05, 3.63) is 23.0 Å². The lowest BCUT2D eigenvalue weighted by atomic mass is 10.2. The predicted octanol–water partition coefficient (Wildman–Crippen LogP) is 2.15. The highest BCUT2D eigenvalue weighted by atomic mass is 35.5. The molecule has 1 amide bonds. The topological polar surface area (TPSA) is 110 Å². The largest absolute Gasteiger partial charge is 0.477 e. The van der Waals surface area contributed by atoms with Crippen molar-refractivity contribution in [2.75, 3.05) is 44.3 Å². The van der Waals surface area contributed by atoms with Crippen molar-refractivity contribution >= 4 is 35.1 Å². The fourth-order valence-electron chi connectivity index (χ4n) is 2.94. The maximum Gasteiger partial charge on any atom is 0.416 e. The van der Waals surface area contributed by atoms with Crippen LogP contribution in [0.2, 0.25) is 5.15 Å². The molecule has 29 heavy (non-hydrogen) atoms. The van der Waals surface area contributed by atoms with E-state index in [0.717, 1.165) is 13.1 Å². The van der Waals surface area contributed by atoms with Crippen LogP contribution in [-0.4, -0.2) is 81.7 Å². The van der Waals surface area contributed by atoms with Crippen LogP contribution in [0.1, 0.15) is 31.1 Å². The second kappa shape index (κ2) is 8.52. The molecule has 1 N–H and O–H groups in total. The molecule has 1 aliphatic rings. The summed E-state index contributed by atoms with van der Waals surface area (Å²) in [7, 11) is 0. The Morgan fingerprint density at radius 2 is 2.03 bits per heavy atom. The highest BCUT2D eigenvalue weighted by Gasteiger charge is 2.28. The number of anilines is 1. The van der Waals surface area contributed by atoms with Crippen LogP contribution in [0, 0.1) is 0 Å². The van der Waals surface area contributed by atoms with Crippen molar-refractivity contribution < 1.29 is 24.2 Å². The summed E-state index contributed by atoms with van der Waals surface area (Å²) in [4.78, 5) is 32.1. The Morgan fingerprint density at radius 3 is 2.66 bits per heavy atom. The Labute approximate surface area is 172 Å². The summed E-state index contributed by atoms with van der Waals surface area (Å²) in [5.41, 5.74) is -0.758. The Hall–Kier alpha value is -2.43. The number of hydrogen-bond donors (Lipinski definition) is 1. The molecule has 0 saturated carbocycles. The summed E-state index contributed by atoms with van der Waals surface area (Å²) in [6.45, 7) is 9.00. The van der Waals surface area contributed by atoms with Gasteiger partial charge >= 0.3 is 12.1 Å². The minimum atomic E-state index is -1.18. The zero-order chi connectivity index (χ0) is 21.2. The van der Waals surface area contributed by atoms with Gasteiger partial charge in [-0.05, 0) is 20.8 Å². The third-order valence-electron chi connectivity index (χ3n) is 4.29. The lowest BCUT2D eigenvalue weighted by molar-refractivity contribution is 0.0374. The first-order chi connectivity index (χ1) is 13.7. The predicted molar refractivity (Wildman–Crippen MR) is 106 cm³/mol. The fourth-order valence-corrected chi connectivity index (χ4v) is 3.12. The van der Waals surface area contributed by atoms with Gasteiger partial charge in [0.05, 0.1) is 19.4 Å². The van der Waals surface area contributed by atoms with Gasteiger partial charge < -0.3 is 14.6 Å². The van der Waals surface area contributed by atoms with E-state index in [2.05, 4.69) is 15.0 Å². The van der Waals surface area contributed by atoms with Gasteiger partial charge in [0.2, 0.25) is 0 Å². The molecule has 0 spiro atoms. The van der Waals surface area contributed by atoms with Gasteiger partial charge in [0.15, 0.2) is 5.65 Å². The lowest BCUT2D eigenvalue weighted by Gasteiger charge is -2.31. The Morgan fingerprint density at radius 1 is 1.34 bits per heavy atom. The highest BCUT2D eigenvalue weighted by molar-refractivity contribution is 6.30. The van der Waals surface area contributed by atoms with Crippen LogP contribution in [0.5, 0.6) is 0 Å². The fraction of sp³-hybridized carbons (Fsp3) is 0.556. The van der Waals surface area contributed by atoms with Gasteiger partial charge in [0.1, 0.15) is 22.1 Å². The third-order valence-corrected chi connectivity index (χ3v) is 4.48. The molecule has 3 heterocycles. The molecule has 1 saturated heterocycles. The average molecular weight is 426 g/mol. The van der Waals surface area contributed by atoms with Crippen LogP contribution >= 0.6 is 11.6 Å². The molecular weight excluding hydrogens is 402 g/mol. The summed E-state index contributed by atoms with van der Waals surface area (Å²) in [6.07, 6.45) is 0.599. The summed E-state index contributed by atoms with van der Waals surface area (Å²) < 4.78 is 12.2. The number of rotatable bonds is 5. The molecule has 1 aliphatic heterocycles. The molecule has 1 fully saturated rings. The molecule has 11 heteroatoms. The number of carbonyl (C=O) groups excluding carboxylic acids is 1. The van der Waals surface area contributed by atoms with E-state index in [1.165, 1.54) is 21.7 Å². The second-order valence-electron chi connectivity index (χ2n) is 7.62. The van der Waals surface area contributed by atoms with Crippen LogP contribution in [0.15, 0.2) is 12.3 Å². The number of halogens is 1. The summed E-state index contributed by atoms with van der Waals surface area (Å²) >= 11 is 6.14. The standard InChI is InChI=1S/C18H24ClN5O5/c1-18(2,3)29-17(27)23(5-4-22-6-8-28-9-7-22)14-10-13(19)21-15-12(16(25)26)11-20-24(14)15/h10-11H,4-9H2,1-3H3,(H,25,26). The molecule has 158 valence electrons. The van der Waals surface area contributed by atoms with E-state index in [0.29, 0.717) is 26.3 Å². The van der Waals surface area contributed by atoms with E-state index in [4.69, 9.17) is 21.1 Å². The van der Waals surface area contributed by atoms with E-state index in [1.54, 1.807) is 20.8 Å². The molecule has 0 aliphatic carbocycles. The van der Waals surface area contributed by atoms with Crippen molar-refractivity contribution in [3.63, 3.8) is 0 Å². The SMILES string of the molecule is CC(C)(C)OC(=O)N(CCN1CCOCC1)c1cc(Cl)nc2c(C(=O)O)cnn12. The number of amides is 1. The number of fused-ring (bicyclic) bond motifs is 1. The molecule has 0 unspecified atom stereocenters. The number of aromatic carboxylic acids is 1. The van der Waals surface area contributed by atoms with Crippen LogP contribution in [-0.2, 0) is 9.47 Å². The first-order valence-electron chi connectivity index (χ1n) is 9.24. The third kappa shape index (κ3) is 5.14. The summed E-state index contributed by atoms with van der Waals surface area (Å²) in [5, 5.41) is 13.5. The molecule has 0 radical (unpaired) electrons. The number of carboxylic acids is 1. The van der Waals surface area contributed by atoms with Gasteiger partial charge in [-0.25, -0.2) is 14.6 Å². The maximum absolute atomic E-state index is 13.0. The smallest absolute Gasteiger partial charge is 0.416 e. The van der Waals surface area contributed by atoms with Crippen molar-refractivity contribution in [2.45, 2.75) is 26.4 Å². The number of aromatic nitrogens is 3. The van der Waals surface area contributed by atoms with Gasteiger partial charge in [-0.2, -0.15) is 9.61 Å². The molecular formula is C18H24ClN5O5. The molecule has 0 atom stereocenters. The molecule has 10 nitrogen and oxygen atoms in total. The number of carboxylic acid groups (broad SMARTS) is 1. The quantitative estimate of drug-likeness (QED) is 0.725. The highest BCUT2D eigenvalue weighted by Crippen LogP contribution is 2.24. The van der Waals surface area contributed by atoms with Gasteiger partial charge in [-0.3, -0.25) is 9.80 Å². The van der Waals surface area contributed by atoms with E-state index < -0.39 is 17.7 Å². The molecule has 0 aromatic carbocycles. The van der Waals surface area contributed by atoms with Crippen molar-refractivity contribution in [1.29, 1.82) is 0 Å². The van der Waals surface area contributed by atoms with Gasteiger partial charge in [-0.15, -0.1) is 0 Å². The molecule has 0 bridgehead atoms. The average Bonchev–Trinajstić information content (AvgIpc) is 3.05. The van der Waals surface area contributed by atoms with Gasteiger partial charge in [-0.1, -0.05) is 11.6 Å². The van der Waals surface area contributed by atoms with Crippen molar-refractivity contribution in [3.8, 4) is 0 Å². The monoisotopic (exact) mass is 425 g/mol. The maximum atomic E-state index is 13.0. The van der Waals surface area contributed by atoms with Crippen molar-refractivity contribution in [2.24, 2.45) is 0 Å². The Balaban J connectivity index is 1.98. The number of morpholine rings is 1. The van der Waals surface area contributed by atoms with E-state index in [9.17, 15) is 14.7 Å². The van der Waals surface area contributed by atoms with E-state index in [1.807, 2.05) is 0 Å².